The summed E-state index contributed by atoms with van der Waals surface area (Å²) in [5.74, 6) is 2.53. The van der Waals surface area contributed by atoms with E-state index in [1.807, 2.05) is 0 Å². The van der Waals surface area contributed by atoms with Gasteiger partial charge < -0.3 is 4.90 Å². The Labute approximate surface area is 189 Å². The monoisotopic (exact) mass is 444 g/mol. The minimum atomic E-state index is 0.381. The van der Waals surface area contributed by atoms with Gasteiger partial charge in [0.05, 0.1) is 6.04 Å². The maximum atomic E-state index is 14.1. The van der Waals surface area contributed by atoms with Crippen molar-refractivity contribution in [3.05, 3.63) is 0 Å². The predicted molar refractivity (Wildman–Crippen MR) is 124 cm³/mol. The molecule has 0 N–H and O–H groups in total. The van der Waals surface area contributed by atoms with E-state index in [-0.39, 0.29) is 0 Å². The minimum Gasteiger partial charge on any atom is -0.333 e. The molecule has 3 nitrogen and oxygen atoms in total. The molecular formula is C25H36N2OS2. The van der Waals surface area contributed by atoms with E-state index in [2.05, 4.69) is 33.3 Å². The first kappa shape index (κ1) is 18.5. The maximum Gasteiger partial charge on any atom is 0.226 e. The van der Waals surface area contributed by atoms with Gasteiger partial charge in [0.2, 0.25) is 5.91 Å². The first-order valence-electron chi connectivity index (χ1n) is 13.2. The van der Waals surface area contributed by atoms with E-state index in [0.29, 0.717) is 41.9 Å². The molecule has 30 heavy (non-hydrogen) atoms. The molecular weight excluding hydrogens is 408 g/mol. The Balaban J connectivity index is 1.29. The number of rotatable bonds is 0. The van der Waals surface area contributed by atoms with E-state index in [9.17, 15) is 4.79 Å². The van der Waals surface area contributed by atoms with Crippen LogP contribution in [0.3, 0.4) is 0 Å². The zero-order chi connectivity index (χ0) is 19.6. The second kappa shape index (κ2) is 6.59. The van der Waals surface area contributed by atoms with Crippen LogP contribution in [0.4, 0.5) is 0 Å². The van der Waals surface area contributed by atoms with E-state index in [1.54, 1.807) is 0 Å². The Morgan fingerprint density at radius 2 is 1.30 bits per heavy atom. The molecule has 12 unspecified atom stereocenters. The predicted octanol–water partition coefficient (Wildman–Crippen LogP) is 4.54. The SMILES string of the molecule is O=C1C2CCCCC2C2CCC3SC4CCCC5SC6CCCC7C6N(C54)C3C2N17. The van der Waals surface area contributed by atoms with Crippen molar-refractivity contribution < 1.29 is 4.79 Å². The highest BCUT2D eigenvalue weighted by Crippen LogP contribution is 2.62. The number of thioether (sulfide) groups is 2. The number of piperidine rings is 1. The third-order valence-corrected chi connectivity index (χ3v) is 14.3. The Hall–Kier alpha value is 0.130. The number of fused-ring (bicyclic) bond motifs is 3. The van der Waals surface area contributed by atoms with Crippen molar-refractivity contribution in [1.29, 1.82) is 0 Å². The van der Waals surface area contributed by atoms with Crippen LogP contribution in [-0.4, -0.2) is 66.9 Å². The summed E-state index contributed by atoms with van der Waals surface area (Å²) in [6, 6.07) is 3.29. The molecule has 0 aromatic rings. The summed E-state index contributed by atoms with van der Waals surface area (Å²) in [7, 11) is 0. The zero-order valence-electron chi connectivity index (χ0n) is 18.0. The molecule has 0 spiro atoms. The number of nitrogens with zero attached hydrogens (tertiary/aromatic N) is 2. The highest BCUT2D eigenvalue weighted by molar-refractivity contribution is 8.01. The molecule has 4 aliphatic heterocycles. The van der Waals surface area contributed by atoms with Gasteiger partial charge in [0.1, 0.15) is 0 Å². The molecule has 1 amide bonds. The van der Waals surface area contributed by atoms with Gasteiger partial charge >= 0.3 is 0 Å². The summed E-state index contributed by atoms with van der Waals surface area (Å²) in [5, 5.41) is 3.36. The summed E-state index contributed by atoms with van der Waals surface area (Å²) in [6.45, 7) is 0. The standard InChI is InChI=1S/C25H36N2OS2/c28-25-15-6-2-1-5-13(15)14-11-12-20-24-21(14)26(25)16-7-3-8-17-22(16)27(24)23-18(29-17)9-4-10-19(23)30-20/h13-24H,1-12H2. The van der Waals surface area contributed by atoms with Crippen molar-refractivity contribution in [2.45, 2.75) is 128 Å². The largest absolute Gasteiger partial charge is 0.333 e. The number of piperazine rings is 1. The van der Waals surface area contributed by atoms with Gasteiger partial charge in [-0.15, -0.1) is 0 Å². The van der Waals surface area contributed by atoms with Gasteiger partial charge in [0, 0.05) is 51.1 Å². The first-order valence-corrected chi connectivity index (χ1v) is 15.1. The summed E-state index contributed by atoms with van der Waals surface area (Å²) in [4.78, 5) is 19.9. The summed E-state index contributed by atoms with van der Waals surface area (Å²) < 4.78 is 0. The molecule has 4 heterocycles. The lowest BCUT2D eigenvalue weighted by molar-refractivity contribution is -0.191. The Morgan fingerprint density at radius 3 is 2.13 bits per heavy atom. The first-order chi connectivity index (χ1) is 14.8. The van der Waals surface area contributed by atoms with Crippen LogP contribution in [0.5, 0.6) is 0 Å². The fourth-order valence-electron chi connectivity index (χ4n) is 10.0. The summed E-state index contributed by atoms with van der Waals surface area (Å²) >= 11 is 4.79. The van der Waals surface area contributed by atoms with Crippen molar-refractivity contribution in [3.63, 3.8) is 0 Å². The third-order valence-electron chi connectivity index (χ3n) is 10.8. The van der Waals surface area contributed by atoms with Crippen LogP contribution in [0.1, 0.15) is 77.0 Å². The molecule has 0 bridgehead atoms. The lowest BCUT2D eigenvalue weighted by Crippen LogP contribution is -2.84. The van der Waals surface area contributed by atoms with E-state index >= 15 is 0 Å². The van der Waals surface area contributed by atoms with Crippen molar-refractivity contribution in [2.24, 2.45) is 17.8 Å². The number of amides is 1. The lowest BCUT2D eigenvalue weighted by Gasteiger charge is -2.73. The number of carbonyl (C=O) groups excluding carboxylic acids is 1. The highest BCUT2D eigenvalue weighted by atomic mass is 32.2. The van der Waals surface area contributed by atoms with Gasteiger partial charge in [-0.2, -0.15) is 23.5 Å². The number of hydrogen-bond acceptors (Lipinski definition) is 4. The molecule has 8 fully saturated rings. The van der Waals surface area contributed by atoms with Crippen LogP contribution in [0.2, 0.25) is 0 Å². The average molecular weight is 445 g/mol. The molecule has 8 aliphatic rings. The number of carbonyl (C=O) groups is 1. The smallest absolute Gasteiger partial charge is 0.226 e. The molecule has 4 saturated carbocycles. The fourth-order valence-corrected chi connectivity index (χ4v) is 14.1. The minimum absolute atomic E-state index is 0.381. The van der Waals surface area contributed by atoms with Crippen LogP contribution in [0, 0.1) is 17.8 Å². The molecule has 0 aromatic heterocycles. The average Bonchev–Trinajstić information content (AvgIpc) is 2.79. The molecule has 0 radical (unpaired) electrons. The van der Waals surface area contributed by atoms with Crippen molar-refractivity contribution in [1.82, 2.24) is 9.80 Å². The van der Waals surface area contributed by atoms with Crippen LogP contribution < -0.4 is 0 Å². The molecule has 5 heteroatoms. The van der Waals surface area contributed by atoms with Crippen LogP contribution in [0.15, 0.2) is 0 Å². The molecule has 8 rings (SSSR count). The van der Waals surface area contributed by atoms with Crippen LogP contribution >= 0.6 is 23.5 Å². The van der Waals surface area contributed by atoms with Crippen molar-refractivity contribution in [2.75, 3.05) is 0 Å². The van der Waals surface area contributed by atoms with E-state index < -0.39 is 0 Å². The van der Waals surface area contributed by atoms with Gasteiger partial charge in [0.15, 0.2) is 0 Å². The second-order valence-corrected chi connectivity index (χ2v) is 14.8. The van der Waals surface area contributed by atoms with Gasteiger partial charge in [-0.3, -0.25) is 9.69 Å². The van der Waals surface area contributed by atoms with E-state index in [4.69, 9.17) is 0 Å². The Bertz CT molecular complexity index is 755. The maximum absolute atomic E-state index is 14.1. The lowest BCUT2D eigenvalue weighted by atomic mass is 9.59. The molecule has 4 saturated heterocycles. The second-order valence-electron chi connectivity index (χ2n) is 11.8. The summed E-state index contributed by atoms with van der Waals surface area (Å²) in [6.07, 6.45) is 16.5. The molecule has 4 aliphatic carbocycles. The quantitative estimate of drug-likeness (QED) is 0.547. The van der Waals surface area contributed by atoms with Crippen LogP contribution in [-0.2, 0) is 4.79 Å². The molecule has 12 atom stereocenters. The Kier molecular flexibility index (Phi) is 4.08. The molecule has 0 aromatic carbocycles. The summed E-state index contributed by atoms with van der Waals surface area (Å²) in [5.41, 5.74) is 0. The third kappa shape index (κ3) is 2.24. The van der Waals surface area contributed by atoms with Gasteiger partial charge in [-0.05, 0) is 63.2 Å². The van der Waals surface area contributed by atoms with Crippen molar-refractivity contribution >= 4 is 29.4 Å². The van der Waals surface area contributed by atoms with E-state index in [1.165, 1.54) is 77.0 Å². The van der Waals surface area contributed by atoms with Crippen LogP contribution in [0.25, 0.3) is 0 Å². The van der Waals surface area contributed by atoms with E-state index in [0.717, 1.165) is 33.0 Å². The number of hydrogen-bond donors (Lipinski definition) is 0. The Morgan fingerprint density at radius 1 is 0.600 bits per heavy atom. The van der Waals surface area contributed by atoms with Crippen molar-refractivity contribution in [3.8, 4) is 0 Å². The molecule has 164 valence electrons. The topological polar surface area (TPSA) is 23.6 Å². The van der Waals surface area contributed by atoms with Gasteiger partial charge in [-0.25, -0.2) is 0 Å². The normalized spacial score (nSPS) is 58.7. The van der Waals surface area contributed by atoms with Gasteiger partial charge in [0.25, 0.3) is 0 Å². The fraction of sp³-hybridized carbons (Fsp3) is 0.960. The van der Waals surface area contributed by atoms with Gasteiger partial charge in [-0.1, -0.05) is 25.7 Å². The highest BCUT2D eigenvalue weighted by Gasteiger charge is 2.68. The zero-order valence-corrected chi connectivity index (χ0v) is 19.7.